The molecular weight excluding hydrogens is 429 g/mol. The Hall–Kier alpha value is -2.03. The van der Waals surface area contributed by atoms with E-state index in [1.807, 2.05) is 6.07 Å². The average molecular weight is 462 g/mol. The van der Waals surface area contributed by atoms with E-state index in [0.29, 0.717) is 37.9 Å². The fraction of sp³-hybridized carbons (Fsp3) is 0.542. The van der Waals surface area contributed by atoms with Gasteiger partial charge in [-0.05, 0) is 55.7 Å². The van der Waals surface area contributed by atoms with E-state index in [1.54, 1.807) is 6.07 Å². The van der Waals surface area contributed by atoms with Crippen LogP contribution in [0.4, 0.5) is 10.2 Å². The zero-order valence-electron chi connectivity index (χ0n) is 18.5. The van der Waals surface area contributed by atoms with Crippen molar-refractivity contribution in [3.8, 4) is 0 Å². The largest absolute Gasteiger partial charge is 0.378 e. The van der Waals surface area contributed by atoms with Crippen LogP contribution in [0.15, 0.2) is 48.7 Å². The molecule has 1 saturated heterocycles. The summed E-state index contributed by atoms with van der Waals surface area (Å²) in [4.78, 5) is 6.28. The molecule has 1 aromatic heterocycles. The van der Waals surface area contributed by atoms with Gasteiger partial charge in [-0.15, -0.1) is 0 Å². The number of nitrogens with zero attached hydrogens (tertiary/aromatic N) is 2. The summed E-state index contributed by atoms with van der Waals surface area (Å²) in [7, 11) is -3.31. The van der Waals surface area contributed by atoms with Crippen LogP contribution in [0.1, 0.15) is 43.6 Å². The minimum atomic E-state index is -3.31. The highest BCUT2D eigenvalue weighted by Gasteiger charge is 2.33. The number of sulfonamides is 1. The number of ether oxygens (including phenoxy) is 1. The van der Waals surface area contributed by atoms with E-state index >= 15 is 0 Å². The molecule has 0 bridgehead atoms. The lowest BCUT2D eigenvalue weighted by Crippen LogP contribution is -2.52. The Labute approximate surface area is 190 Å². The maximum Gasteiger partial charge on any atom is 0.208 e. The van der Waals surface area contributed by atoms with Gasteiger partial charge in [0.2, 0.25) is 10.0 Å². The minimum Gasteiger partial charge on any atom is -0.378 e. The van der Waals surface area contributed by atoms with Crippen molar-refractivity contribution in [2.24, 2.45) is 5.92 Å². The summed E-state index contributed by atoms with van der Waals surface area (Å²) >= 11 is 0. The molecule has 2 aromatic rings. The highest BCUT2D eigenvalue weighted by atomic mass is 32.2. The molecule has 1 aliphatic heterocycles. The topological polar surface area (TPSA) is 71.5 Å². The van der Waals surface area contributed by atoms with Crippen molar-refractivity contribution >= 4 is 15.8 Å². The zero-order chi connectivity index (χ0) is 22.6. The molecule has 6 nitrogen and oxygen atoms in total. The van der Waals surface area contributed by atoms with Gasteiger partial charge in [0.05, 0.1) is 25.2 Å². The van der Waals surface area contributed by atoms with Crippen molar-refractivity contribution in [3.05, 3.63) is 60.0 Å². The van der Waals surface area contributed by atoms with E-state index < -0.39 is 10.0 Å². The molecule has 0 amide bonds. The van der Waals surface area contributed by atoms with Crippen LogP contribution in [0.2, 0.25) is 0 Å². The SMILES string of the molecule is CS(=O)(=O)N[C@H]1CCN(c2ccc(F)cn2)C[C@H]1CO[C@H]1CC[C@@H](c2ccccc2)CC1. The first kappa shape index (κ1) is 23.1. The van der Waals surface area contributed by atoms with Crippen molar-refractivity contribution in [2.75, 3.05) is 30.9 Å². The van der Waals surface area contributed by atoms with Crippen molar-refractivity contribution in [3.63, 3.8) is 0 Å². The highest BCUT2D eigenvalue weighted by molar-refractivity contribution is 7.88. The molecular formula is C24H32FN3O3S. The quantitative estimate of drug-likeness (QED) is 0.681. The number of hydrogen-bond acceptors (Lipinski definition) is 5. The number of aromatic nitrogens is 1. The Morgan fingerprint density at radius 2 is 1.84 bits per heavy atom. The molecule has 1 aliphatic carbocycles. The molecule has 1 aromatic carbocycles. The zero-order valence-corrected chi connectivity index (χ0v) is 19.3. The molecule has 2 aliphatic rings. The molecule has 8 heteroatoms. The standard InChI is InChI=1S/C24H32FN3O3S/c1-32(29,30)27-23-13-14-28(24-12-9-21(25)15-26-24)16-20(23)17-31-22-10-7-19(8-11-22)18-5-3-2-4-6-18/h2-6,9,12,15,19-20,22-23,27H,7-8,10-11,13-14,16-17H2,1H3/t19-,20-,22+,23-/m0/s1. The fourth-order valence-corrected chi connectivity index (χ4v) is 5.80. The van der Waals surface area contributed by atoms with Crippen LogP contribution in [-0.4, -0.2) is 51.5 Å². The summed E-state index contributed by atoms with van der Waals surface area (Å²) in [5, 5.41) is 0. The first-order chi connectivity index (χ1) is 15.4. The molecule has 1 saturated carbocycles. The van der Waals surface area contributed by atoms with Gasteiger partial charge in [0.1, 0.15) is 11.6 Å². The van der Waals surface area contributed by atoms with Crippen LogP contribution < -0.4 is 9.62 Å². The maximum atomic E-state index is 13.3. The molecule has 1 N–H and O–H groups in total. The lowest BCUT2D eigenvalue weighted by molar-refractivity contribution is -0.00213. The van der Waals surface area contributed by atoms with Gasteiger partial charge in [-0.3, -0.25) is 0 Å². The second-order valence-corrected chi connectivity index (χ2v) is 10.8. The average Bonchev–Trinajstić information content (AvgIpc) is 2.79. The molecule has 2 atom stereocenters. The minimum absolute atomic E-state index is 0.00262. The Morgan fingerprint density at radius 3 is 2.50 bits per heavy atom. The number of nitrogens with one attached hydrogen (secondary N) is 1. The van der Waals surface area contributed by atoms with E-state index in [0.717, 1.165) is 25.7 Å². The van der Waals surface area contributed by atoms with Gasteiger partial charge in [-0.1, -0.05) is 30.3 Å². The molecule has 4 rings (SSSR count). The molecule has 0 spiro atoms. The fourth-order valence-electron chi connectivity index (χ4n) is 4.94. The smallest absolute Gasteiger partial charge is 0.208 e. The van der Waals surface area contributed by atoms with Crippen molar-refractivity contribution in [1.82, 2.24) is 9.71 Å². The summed E-state index contributed by atoms with van der Waals surface area (Å²) in [6.07, 6.45) is 7.51. The number of halogens is 1. The van der Waals surface area contributed by atoms with Gasteiger partial charge in [-0.2, -0.15) is 0 Å². The van der Waals surface area contributed by atoms with Gasteiger partial charge in [-0.25, -0.2) is 22.5 Å². The summed E-state index contributed by atoms with van der Waals surface area (Å²) < 4.78 is 46.1. The highest BCUT2D eigenvalue weighted by Crippen LogP contribution is 2.34. The Morgan fingerprint density at radius 1 is 1.09 bits per heavy atom. The number of hydrogen-bond donors (Lipinski definition) is 1. The maximum absolute atomic E-state index is 13.3. The third-order valence-electron chi connectivity index (χ3n) is 6.63. The van der Waals surface area contributed by atoms with Gasteiger partial charge in [0.25, 0.3) is 0 Å². The van der Waals surface area contributed by atoms with E-state index in [-0.39, 0.29) is 23.9 Å². The first-order valence-electron chi connectivity index (χ1n) is 11.4. The van der Waals surface area contributed by atoms with Gasteiger partial charge < -0.3 is 9.64 Å². The molecule has 0 unspecified atom stereocenters. The Kier molecular flexibility index (Phi) is 7.43. The molecule has 32 heavy (non-hydrogen) atoms. The number of rotatable bonds is 7. The third-order valence-corrected chi connectivity index (χ3v) is 7.36. The summed E-state index contributed by atoms with van der Waals surface area (Å²) in [5.74, 6) is 0.925. The normalized spacial score (nSPS) is 26.8. The number of anilines is 1. The predicted molar refractivity (Wildman–Crippen MR) is 124 cm³/mol. The number of pyridine rings is 1. The number of benzene rings is 1. The third kappa shape index (κ3) is 6.27. The molecule has 174 valence electrons. The number of piperidine rings is 1. The molecule has 2 heterocycles. The van der Waals surface area contributed by atoms with Crippen molar-refractivity contribution in [2.45, 2.75) is 50.2 Å². The van der Waals surface area contributed by atoms with Crippen LogP contribution in [0.3, 0.4) is 0 Å². The predicted octanol–water partition coefficient (Wildman–Crippen LogP) is 3.71. The van der Waals surface area contributed by atoms with E-state index in [1.165, 1.54) is 24.1 Å². The summed E-state index contributed by atoms with van der Waals surface area (Å²) in [6, 6.07) is 13.5. The van der Waals surface area contributed by atoms with Crippen LogP contribution >= 0.6 is 0 Å². The van der Waals surface area contributed by atoms with E-state index in [9.17, 15) is 12.8 Å². The van der Waals surface area contributed by atoms with Gasteiger partial charge in [0, 0.05) is 25.0 Å². The van der Waals surface area contributed by atoms with Crippen LogP contribution in [0, 0.1) is 11.7 Å². The van der Waals surface area contributed by atoms with E-state index in [4.69, 9.17) is 4.74 Å². The lowest BCUT2D eigenvalue weighted by Gasteiger charge is -2.40. The monoisotopic (exact) mass is 461 g/mol. The second-order valence-electron chi connectivity index (χ2n) is 9.04. The van der Waals surface area contributed by atoms with Crippen molar-refractivity contribution < 1.29 is 17.5 Å². The van der Waals surface area contributed by atoms with Crippen molar-refractivity contribution in [1.29, 1.82) is 0 Å². The molecule has 2 fully saturated rings. The van der Waals surface area contributed by atoms with Gasteiger partial charge >= 0.3 is 0 Å². The van der Waals surface area contributed by atoms with Crippen LogP contribution in [0.25, 0.3) is 0 Å². The molecule has 0 radical (unpaired) electrons. The van der Waals surface area contributed by atoms with Crippen LogP contribution in [-0.2, 0) is 14.8 Å². The Bertz CT molecular complexity index is 964. The van der Waals surface area contributed by atoms with Crippen LogP contribution in [0.5, 0.6) is 0 Å². The lowest BCUT2D eigenvalue weighted by atomic mass is 9.82. The Balaban J connectivity index is 1.35. The summed E-state index contributed by atoms with van der Waals surface area (Å²) in [6.45, 7) is 1.77. The van der Waals surface area contributed by atoms with Gasteiger partial charge in [0.15, 0.2) is 0 Å². The van der Waals surface area contributed by atoms with E-state index in [2.05, 4.69) is 38.9 Å². The second kappa shape index (κ2) is 10.3. The summed E-state index contributed by atoms with van der Waals surface area (Å²) in [5.41, 5.74) is 1.40. The first-order valence-corrected chi connectivity index (χ1v) is 13.3.